The minimum atomic E-state index is 0.101. The maximum atomic E-state index is 6.34. The molecular formula is C58H45NO. The van der Waals surface area contributed by atoms with Crippen LogP contribution in [0.5, 0.6) is 0 Å². The van der Waals surface area contributed by atoms with Crippen molar-refractivity contribution in [1.82, 2.24) is 0 Å². The highest BCUT2D eigenvalue weighted by Crippen LogP contribution is 2.70. The minimum absolute atomic E-state index is 0.101. The van der Waals surface area contributed by atoms with Crippen molar-refractivity contribution in [3.8, 4) is 44.5 Å². The van der Waals surface area contributed by atoms with Crippen molar-refractivity contribution >= 4 is 39.0 Å². The first-order chi connectivity index (χ1) is 29.7. The molecule has 0 atom stereocenters. The first kappa shape index (κ1) is 34.2. The fourth-order valence-electron chi connectivity index (χ4n) is 13.0. The van der Waals surface area contributed by atoms with Gasteiger partial charge in [-0.2, -0.15) is 0 Å². The van der Waals surface area contributed by atoms with E-state index in [1.165, 1.54) is 88.0 Å². The Morgan fingerprint density at radius 2 is 1.03 bits per heavy atom. The van der Waals surface area contributed by atoms with E-state index in [2.05, 4.69) is 187 Å². The van der Waals surface area contributed by atoms with Crippen molar-refractivity contribution in [3.63, 3.8) is 0 Å². The Morgan fingerprint density at radius 1 is 0.417 bits per heavy atom. The van der Waals surface area contributed by atoms with Gasteiger partial charge in [-0.3, -0.25) is 0 Å². The molecule has 1 aromatic heterocycles. The summed E-state index contributed by atoms with van der Waals surface area (Å²) in [6, 6.07) is 69.7. The van der Waals surface area contributed by atoms with Gasteiger partial charge in [0.1, 0.15) is 11.2 Å². The lowest BCUT2D eigenvalue weighted by molar-refractivity contribution is -0.0399. The maximum Gasteiger partial charge on any atom is 0.136 e. The Hall–Kier alpha value is -6.64. The molecule has 1 spiro atoms. The van der Waals surface area contributed by atoms with Crippen molar-refractivity contribution in [2.75, 3.05) is 4.90 Å². The molecule has 4 bridgehead atoms. The highest BCUT2D eigenvalue weighted by molar-refractivity contribution is 6.13. The van der Waals surface area contributed by atoms with Gasteiger partial charge in [-0.15, -0.1) is 0 Å². The molecule has 4 saturated carbocycles. The second-order valence-corrected chi connectivity index (χ2v) is 18.0. The molecule has 0 unspecified atom stereocenters. The number of fused-ring (bicyclic) bond motifs is 6. The van der Waals surface area contributed by atoms with Gasteiger partial charge in [0.25, 0.3) is 0 Å². The number of nitrogens with zero attached hydrogens (tertiary/aromatic N) is 1. The lowest BCUT2D eigenvalue weighted by atomic mass is 9.43. The number of anilines is 3. The summed E-state index contributed by atoms with van der Waals surface area (Å²) in [4.78, 5) is 2.55. The lowest BCUT2D eigenvalue weighted by Gasteiger charge is -2.61. The highest BCUT2D eigenvalue weighted by atomic mass is 16.3. The Kier molecular flexibility index (Phi) is 7.52. The fourth-order valence-corrected chi connectivity index (χ4v) is 13.0. The second-order valence-electron chi connectivity index (χ2n) is 18.0. The molecule has 288 valence electrons. The molecule has 4 fully saturated rings. The van der Waals surface area contributed by atoms with Crippen LogP contribution in [0.15, 0.2) is 192 Å². The predicted octanol–water partition coefficient (Wildman–Crippen LogP) is 15.8. The first-order valence-corrected chi connectivity index (χ1v) is 22.0. The highest BCUT2D eigenvalue weighted by Gasteiger charge is 2.61. The Morgan fingerprint density at radius 3 is 1.85 bits per heavy atom. The van der Waals surface area contributed by atoms with Crippen molar-refractivity contribution in [2.24, 2.45) is 23.7 Å². The molecule has 0 N–H and O–H groups in total. The first-order valence-electron chi connectivity index (χ1n) is 22.0. The van der Waals surface area contributed by atoms with Gasteiger partial charge in [-0.25, -0.2) is 0 Å². The molecule has 2 heteroatoms. The van der Waals surface area contributed by atoms with E-state index in [0.29, 0.717) is 11.8 Å². The number of furan rings is 1. The molecule has 1 heterocycles. The minimum Gasteiger partial charge on any atom is -0.456 e. The van der Waals surface area contributed by atoms with Crippen LogP contribution < -0.4 is 4.90 Å². The van der Waals surface area contributed by atoms with Crippen LogP contribution in [0.1, 0.15) is 43.2 Å². The second kappa shape index (κ2) is 13.2. The largest absolute Gasteiger partial charge is 0.456 e. The number of para-hydroxylation sites is 1. The van der Waals surface area contributed by atoms with Gasteiger partial charge < -0.3 is 9.32 Å². The normalized spacial score (nSPS) is 22.1. The van der Waals surface area contributed by atoms with E-state index in [1.54, 1.807) is 11.1 Å². The summed E-state index contributed by atoms with van der Waals surface area (Å²) in [6.45, 7) is 0. The molecular weight excluding hydrogens is 727 g/mol. The third-order valence-electron chi connectivity index (χ3n) is 15.1. The standard InChI is InChI=1S/C58H45NO/c1-2-13-39(14-3-1)41-15-10-16-45(36-41)59(53-24-12-23-52-57(53)49-19-6-8-22-51(49)58(52)42-32-37-31-38(34-42)35-43(58)33-37)44-29-27-40(28-30-44)46-17-4-5-18-47(46)48-21-11-26-55-56(48)50-20-7-9-25-54(50)60-55/h1-30,36-38,42-43H,31-35H2. The monoisotopic (exact) mass is 771 g/mol. The van der Waals surface area contributed by atoms with Crippen molar-refractivity contribution in [1.29, 1.82) is 0 Å². The molecule has 0 amide bonds. The van der Waals surface area contributed by atoms with E-state index >= 15 is 0 Å². The number of rotatable bonds is 6. The van der Waals surface area contributed by atoms with Crippen molar-refractivity contribution < 1.29 is 4.42 Å². The van der Waals surface area contributed by atoms with E-state index in [4.69, 9.17) is 4.42 Å². The van der Waals surface area contributed by atoms with Crippen molar-refractivity contribution in [2.45, 2.75) is 37.5 Å². The smallest absolute Gasteiger partial charge is 0.136 e. The number of hydrogen-bond acceptors (Lipinski definition) is 2. The van der Waals surface area contributed by atoms with E-state index in [9.17, 15) is 0 Å². The molecule has 0 radical (unpaired) electrons. The summed E-state index contributed by atoms with van der Waals surface area (Å²) in [5.41, 5.74) is 18.8. The van der Waals surface area contributed by atoms with Crippen LogP contribution in [0.3, 0.4) is 0 Å². The predicted molar refractivity (Wildman–Crippen MR) is 248 cm³/mol. The third-order valence-corrected chi connectivity index (χ3v) is 15.1. The molecule has 5 aliphatic rings. The van der Waals surface area contributed by atoms with E-state index in [1.807, 2.05) is 6.07 Å². The summed E-state index contributed by atoms with van der Waals surface area (Å²) in [7, 11) is 0. The topological polar surface area (TPSA) is 16.4 Å². The Labute approximate surface area is 351 Å². The summed E-state index contributed by atoms with van der Waals surface area (Å²) < 4.78 is 6.34. The maximum absolute atomic E-state index is 6.34. The van der Waals surface area contributed by atoms with E-state index < -0.39 is 0 Å². The van der Waals surface area contributed by atoms with Crippen LogP contribution >= 0.6 is 0 Å². The van der Waals surface area contributed by atoms with Crippen LogP contribution in [0.2, 0.25) is 0 Å². The summed E-state index contributed by atoms with van der Waals surface area (Å²) in [6.07, 6.45) is 6.97. The molecule has 0 aliphatic heterocycles. The third kappa shape index (κ3) is 4.94. The van der Waals surface area contributed by atoms with Gasteiger partial charge in [0.2, 0.25) is 0 Å². The van der Waals surface area contributed by atoms with Gasteiger partial charge in [0.15, 0.2) is 0 Å². The molecule has 60 heavy (non-hydrogen) atoms. The molecule has 8 aromatic carbocycles. The summed E-state index contributed by atoms with van der Waals surface area (Å²) in [5.74, 6) is 3.24. The molecule has 5 aliphatic carbocycles. The zero-order valence-corrected chi connectivity index (χ0v) is 33.6. The zero-order chi connectivity index (χ0) is 39.4. The van der Waals surface area contributed by atoms with Crippen LogP contribution in [0.25, 0.3) is 66.4 Å². The Bertz CT molecular complexity index is 3090. The number of benzene rings is 8. The van der Waals surface area contributed by atoms with Gasteiger partial charge in [-0.1, -0.05) is 146 Å². The SMILES string of the molecule is c1ccc(-c2cccc(N(c3ccc(-c4ccccc4-c4cccc5oc6ccccc6c45)cc3)c3cccc4c3-c3ccccc3C43C4CC5CC(C4)CC3C5)c2)cc1. The summed E-state index contributed by atoms with van der Waals surface area (Å²) in [5, 5.41) is 2.31. The zero-order valence-electron chi connectivity index (χ0n) is 33.6. The van der Waals surface area contributed by atoms with E-state index in [0.717, 1.165) is 39.5 Å². The fraction of sp³-hybridized carbons (Fsp3) is 0.172. The van der Waals surface area contributed by atoms with Crippen molar-refractivity contribution in [3.05, 3.63) is 199 Å². The van der Waals surface area contributed by atoms with Crippen LogP contribution in [-0.4, -0.2) is 0 Å². The summed E-state index contributed by atoms with van der Waals surface area (Å²) >= 11 is 0. The van der Waals surface area contributed by atoms with Gasteiger partial charge in [0, 0.05) is 33.1 Å². The average Bonchev–Trinajstić information content (AvgIpc) is 3.83. The molecule has 14 rings (SSSR count). The van der Waals surface area contributed by atoms with Gasteiger partial charge >= 0.3 is 0 Å². The lowest BCUT2D eigenvalue weighted by Crippen LogP contribution is -2.55. The van der Waals surface area contributed by atoms with Crippen LogP contribution in [-0.2, 0) is 5.41 Å². The van der Waals surface area contributed by atoms with E-state index in [-0.39, 0.29) is 5.41 Å². The molecule has 0 saturated heterocycles. The molecule has 9 aromatic rings. The number of hydrogen-bond donors (Lipinski definition) is 0. The van der Waals surface area contributed by atoms with Gasteiger partial charge in [0.05, 0.1) is 5.69 Å². The Balaban J connectivity index is 0.987. The molecule has 2 nitrogen and oxygen atoms in total. The average molecular weight is 772 g/mol. The van der Waals surface area contributed by atoms with Gasteiger partial charge in [-0.05, 0) is 148 Å². The quantitative estimate of drug-likeness (QED) is 0.167. The van der Waals surface area contributed by atoms with Crippen LogP contribution in [0.4, 0.5) is 17.1 Å². The van der Waals surface area contributed by atoms with Crippen LogP contribution in [0, 0.1) is 23.7 Å².